The minimum absolute atomic E-state index is 0.119. The van der Waals surface area contributed by atoms with E-state index >= 15 is 0 Å². The highest BCUT2D eigenvalue weighted by atomic mass is 79.9. The number of H-pyrrole nitrogens is 1. The topological polar surface area (TPSA) is 32.9 Å². The van der Waals surface area contributed by atoms with E-state index in [-0.39, 0.29) is 11.6 Å². The second kappa shape index (κ2) is 4.87. The van der Waals surface area contributed by atoms with Crippen LogP contribution in [0.25, 0.3) is 10.9 Å². The molecule has 3 rings (SSSR count). The van der Waals surface area contributed by atoms with Gasteiger partial charge in [0, 0.05) is 26.6 Å². The van der Waals surface area contributed by atoms with E-state index in [1.54, 1.807) is 0 Å². The van der Waals surface area contributed by atoms with Crippen molar-refractivity contribution in [2.24, 2.45) is 0 Å². The van der Waals surface area contributed by atoms with Gasteiger partial charge in [-0.2, -0.15) is 0 Å². The summed E-state index contributed by atoms with van der Waals surface area (Å²) in [7, 11) is 0. The Labute approximate surface area is 123 Å². The van der Waals surface area contributed by atoms with Gasteiger partial charge >= 0.3 is 0 Å². The van der Waals surface area contributed by atoms with Crippen LogP contribution in [0.3, 0.4) is 0 Å². The van der Waals surface area contributed by atoms with Gasteiger partial charge in [-0.25, -0.2) is 4.39 Å². The van der Waals surface area contributed by atoms with E-state index in [1.807, 2.05) is 31.2 Å². The summed E-state index contributed by atoms with van der Waals surface area (Å²) in [6.07, 6.45) is 0. The molecule has 0 amide bonds. The van der Waals surface area contributed by atoms with Crippen LogP contribution in [-0.2, 0) is 0 Å². The van der Waals surface area contributed by atoms with Crippen molar-refractivity contribution in [3.63, 3.8) is 0 Å². The summed E-state index contributed by atoms with van der Waals surface area (Å²) in [5, 5.41) is 0.881. The van der Waals surface area contributed by atoms with Crippen LogP contribution in [0.15, 0.2) is 46.9 Å². The third-order valence-electron chi connectivity index (χ3n) is 3.30. The molecule has 0 aliphatic rings. The van der Waals surface area contributed by atoms with E-state index in [9.17, 15) is 9.18 Å². The maximum Gasteiger partial charge on any atom is 0.196 e. The zero-order chi connectivity index (χ0) is 14.3. The van der Waals surface area contributed by atoms with Crippen LogP contribution >= 0.6 is 15.9 Å². The number of fused-ring (bicyclic) bond motifs is 1. The highest BCUT2D eigenvalue weighted by molar-refractivity contribution is 9.10. The van der Waals surface area contributed by atoms with Crippen LogP contribution in [-0.4, -0.2) is 10.8 Å². The van der Waals surface area contributed by atoms with Crippen LogP contribution < -0.4 is 0 Å². The molecule has 0 unspecified atom stereocenters. The second-order valence-electron chi connectivity index (χ2n) is 4.62. The number of aromatic amines is 1. The van der Waals surface area contributed by atoms with Gasteiger partial charge in [-0.1, -0.05) is 18.2 Å². The first-order valence-corrected chi connectivity index (χ1v) is 6.94. The Morgan fingerprint density at radius 1 is 1.20 bits per heavy atom. The van der Waals surface area contributed by atoms with E-state index in [2.05, 4.69) is 20.9 Å². The number of para-hydroxylation sites is 1. The fourth-order valence-electron chi connectivity index (χ4n) is 2.38. The number of aromatic nitrogens is 1. The van der Waals surface area contributed by atoms with Crippen LogP contribution in [0.1, 0.15) is 21.6 Å². The van der Waals surface area contributed by atoms with Crippen LogP contribution in [0.5, 0.6) is 0 Å². The normalized spacial score (nSPS) is 10.9. The first-order chi connectivity index (χ1) is 9.58. The first kappa shape index (κ1) is 13.1. The Balaban J connectivity index is 2.20. The fraction of sp³-hybridized carbons (Fsp3) is 0.0625. The van der Waals surface area contributed by atoms with E-state index in [0.29, 0.717) is 15.6 Å². The smallest absolute Gasteiger partial charge is 0.196 e. The maximum atomic E-state index is 13.1. The Morgan fingerprint density at radius 2 is 1.95 bits per heavy atom. The molecule has 0 radical (unpaired) electrons. The van der Waals surface area contributed by atoms with Crippen LogP contribution in [0.2, 0.25) is 0 Å². The number of ketones is 1. The van der Waals surface area contributed by atoms with Gasteiger partial charge in [-0.3, -0.25) is 4.79 Å². The molecule has 1 N–H and O–H groups in total. The number of carbonyl (C=O) groups excluding carboxylic acids is 1. The number of halogens is 2. The summed E-state index contributed by atoms with van der Waals surface area (Å²) >= 11 is 3.25. The second-order valence-corrected chi connectivity index (χ2v) is 5.48. The van der Waals surface area contributed by atoms with Gasteiger partial charge in [-0.15, -0.1) is 0 Å². The van der Waals surface area contributed by atoms with Crippen molar-refractivity contribution in [1.82, 2.24) is 4.98 Å². The van der Waals surface area contributed by atoms with Crippen molar-refractivity contribution in [3.05, 3.63) is 69.6 Å². The fourth-order valence-corrected chi connectivity index (χ4v) is 2.91. The molecule has 0 saturated carbocycles. The summed E-state index contributed by atoms with van der Waals surface area (Å²) < 4.78 is 13.6. The third-order valence-corrected chi connectivity index (χ3v) is 3.95. The van der Waals surface area contributed by atoms with Gasteiger partial charge in [0.1, 0.15) is 5.82 Å². The average molecular weight is 332 g/mol. The van der Waals surface area contributed by atoms with E-state index < -0.39 is 0 Å². The van der Waals surface area contributed by atoms with Crippen molar-refractivity contribution >= 4 is 32.6 Å². The number of carbonyl (C=O) groups is 1. The average Bonchev–Trinajstić information content (AvgIpc) is 2.73. The largest absolute Gasteiger partial charge is 0.358 e. The number of rotatable bonds is 2. The van der Waals surface area contributed by atoms with Crippen molar-refractivity contribution < 1.29 is 9.18 Å². The molecular weight excluding hydrogens is 321 g/mol. The molecule has 4 heteroatoms. The summed E-state index contributed by atoms with van der Waals surface area (Å²) in [4.78, 5) is 15.9. The molecule has 0 atom stereocenters. The van der Waals surface area contributed by atoms with Crippen molar-refractivity contribution in [2.45, 2.75) is 6.92 Å². The van der Waals surface area contributed by atoms with Gasteiger partial charge in [-0.05, 0) is 47.1 Å². The Bertz CT molecular complexity index is 822. The van der Waals surface area contributed by atoms with E-state index in [1.165, 1.54) is 18.2 Å². The van der Waals surface area contributed by atoms with Gasteiger partial charge in [0.15, 0.2) is 5.78 Å². The molecule has 1 heterocycles. The molecule has 0 aliphatic carbocycles. The molecule has 0 fully saturated rings. The molecular formula is C16H11BrFNO. The number of nitrogens with one attached hydrogen (secondary N) is 1. The molecule has 20 heavy (non-hydrogen) atoms. The molecule has 0 spiro atoms. The molecule has 3 aromatic rings. The van der Waals surface area contributed by atoms with Crippen molar-refractivity contribution in [1.29, 1.82) is 0 Å². The van der Waals surface area contributed by atoms with E-state index in [0.717, 1.165) is 16.6 Å². The molecule has 2 nitrogen and oxygen atoms in total. The SMILES string of the molecule is Cc1[nH]c2ccccc2c1C(=O)c1ccc(F)cc1Br. The van der Waals surface area contributed by atoms with Crippen molar-refractivity contribution in [3.8, 4) is 0 Å². The van der Waals surface area contributed by atoms with E-state index in [4.69, 9.17) is 0 Å². The number of benzene rings is 2. The van der Waals surface area contributed by atoms with Crippen molar-refractivity contribution in [2.75, 3.05) is 0 Å². The Morgan fingerprint density at radius 3 is 2.70 bits per heavy atom. The predicted octanol–water partition coefficient (Wildman–Crippen LogP) is 4.61. The minimum Gasteiger partial charge on any atom is -0.358 e. The Kier molecular flexibility index (Phi) is 3.18. The summed E-state index contributed by atoms with van der Waals surface area (Å²) in [5.41, 5.74) is 2.83. The van der Waals surface area contributed by atoms with Gasteiger partial charge in [0.2, 0.25) is 0 Å². The highest BCUT2D eigenvalue weighted by Gasteiger charge is 2.19. The molecule has 2 aromatic carbocycles. The number of hydrogen-bond acceptors (Lipinski definition) is 1. The van der Waals surface area contributed by atoms with Crippen LogP contribution in [0, 0.1) is 12.7 Å². The standard InChI is InChI=1S/C16H11BrFNO/c1-9-15(12-4-2-3-5-14(12)19-9)16(20)11-7-6-10(18)8-13(11)17/h2-8,19H,1H3. The monoisotopic (exact) mass is 331 g/mol. The first-order valence-electron chi connectivity index (χ1n) is 6.15. The predicted molar refractivity (Wildman–Crippen MR) is 80.6 cm³/mol. The van der Waals surface area contributed by atoms with Gasteiger partial charge in [0.25, 0.3) is 0 Å². The molecule has 0 bridgehead atoms. The van der Waals surface area contributed by atoms with Gasteiger partial charge < -0.3 is 4.98 Å². The molecule has 0 saturated heterocycles. The minimum atomic E-state index is -0.371. The lowest BCUT2D eigenvalue weighted by molar-refractivity contribution is 0.103. The lowest BCUT2D eigenvalue weighted by Gasteiger charge is -2.04. The molecule has 1 aromatic heterocycles. The third kappa shape index (κ3) is 2.06. The Hall–Kier alpha value is -1.94. The summed E-state index contributed by atoms with van der Waals surface area (Å²) in [6.45, 7) is 1.87. The zero-order valence-electron chi connectivity index (χ0n) is 10.7. The lowest BCUT2D eigenvalue weighted by atomic mass is 10.0. The lowest BCUT2D eigenvalue weighted by Crippen LogP contribution is -2.03. The molecule has 0 aliphatic heterocycles. The van der Waals surface area contributed by atoms with Crippen LogP contribution in [0.4, 0.5) is 4.39 Å². The van der Waals surface area contributed by atoms with Gasteiger partial charge in [0.05, 0.1) is 5.56 Å². The number of hydrogen-bond donors (Lipinski definition) is 1. The highest BCUT2D eigenvalue weighted by Crippen LogP contribution is 2.27. The summed E-state index contributed by atoms with van der Waals surface area (Å²) in [5.74, 6) is -0.490. The number of aryl methyl sites for hydroxylation is 1. The summed E-state index contributed by atoms with van der Waals surface area (Å²) in [6, 6.07) is 11.7. The zero-order valence-corrected chi connectivity index (χ0v) is 12.3. The quantitative estimate of drug-likeness (QED) is 0.683. The maximum absolute atomic E-state index is 13.1. The molecule has 100 valence electrons.